The van der Waals surface area contributed by atoms with E-state index in [0.29, 0.717) is 11.3 Å². The molecule has 0 saturated carbocycles. The van der Waals surface area contributed by atoms with E-state index in [2.05, 4.69) is 9.97 Å². The Bertz CT molecular complexity index is 943. The second-order valence-corrected chi connectivity index (χ2v) is 7.12. The first kappa shape index (κ1) is 13.6. The Labute approximate surface area is 122 Å². The molecule has 108 valence electrons. The Balaban J connectivity index is 2.14. The van der Waals surface area contributed by atoms with Gasteiger partial charge >= 0.3 is 0 Å². The number of aryl methyl sites for hydroxylation is 1. The van der Waals surface area contributed by atoms with Gasteiger partial charge in [-0.15, -0.1) is 0 Å². The molecule has 0 bridgehead atoms. The summed E-state index contributed by atoms with van der Waals surface area (Å²) >= 11 is 0. The molecule has 3 rings (SSSR count). The van der Waals surface area contributed by atoms with Gasteiger partial charge in [0.2, 0.25) is 0 Å². The van der Waals surface area contributed by atoms with Gasteiger partial charge in [-0.3, -0.25) is 0 Å². The third-order valence-electron chi connectivity index (χ3n) is 3.42. The van der Waals surface area contributed by atoms with E-state index in [1.165, 1.54) is 6.26 Å². The number of sulfone groups is 1. The van der Waals surface area contributed by atoms with Gasteiger partial charge in [-0.1, -0.05) is 0 Å². The fourth-order valence-corrected chi connectivity index (χ4v) is 2.83. The van der Waals surface area contributed by atoms with Crippen molar-refractivity contribution in [3.63, 3.8) is 0 Å². The quantitative estimate of drug-likeness (QED) is 0.712. The van der Waals surface area contributed by atoms with E-state index in [1.807, 2.05) is 25.1 Å². The van der Waals surface area contributed by atoms with Crippen molar-refractivity contribution in [3.8, 4) is 11.4 Å². The van der Waals surface area contributed by atoms with Gasteiger partial charge in [0.05, 0.1) is 15.9 Å². The molecule has 5 nitrogen and oxygen atoms in total. The number of hydrogen-bond donors (Lipinski definition) is 2. The van der Waals surface area contributed by atoms with Crippen LogP contribution in [0.4, 0.5) is 5.69 Å². The molecule has 0 saturated heterocycles. The van der Waals surface area contributed by atoms with Crippen molar-refractivity contribution >= 4 is 26.6 Å². The maximum absolute atomic E-state index is 11.6. The average Bonchev–Trinajstić information content (AvgIpc) is 2.83. The van der Waals surface area contributed by atoms with E-state index in [9.17, 15) is 8.42 Å². The van der Waals surface area contributed by atoms with Crippen molar-refractivity contribution in [2.24, 2.45) is 0 Å². The minimum atomic E-state index is -3.23. The summed E-state index contributed by atoms with van der Waals surface area (Å²) in [6, 6.07) is 10.5. The lowest BCUT2D eigenvalue weighted by Gasteiger charge is -2.01. The number of fused-ring (bicyclic) bond motifs is 1. The molecule has 21 heavy (non-hydrogen) atoms. The number of rotatable bonds is 2. The maximum Gasteiger partial charge on any atom is 0.175 e. The van der Waals surface area contributed by atoms with Gasteiger partial charge in [-0.2, -0.15) is 0 Å². The molecule has 3 aromatic rings. The summed E-state index contributed by atoms with van der Waals surface area (Å²) in [5.74, 6) is 0.693. The van der Waals surface area contributed by atoms with Crippen LogP contribution in [0.1, 0.15) is 5.56 Å². The first-order valence-electron chi connectivity index (χ1n) is 6.41. The van der Waals surface area contributed by atoms with Gasteiger partial charge in [0.25, 0.3) is 0 Å². The molecule has 0 atom stereocenters. The summed E-state index contributed by atoms with van der Waals surface area (Å²) in [5.41, 5.74) is 9.86. The number of nitrogens with one attached hydrogen (secondary N) is 1. The lowest BCUT2D eigenvalue weighted by Crippen LogP contribution is -1.96. The van der Waals surface area contributed by atoms with Crippen molar-refractivity contribution in [2.45, 2.75) is 11.8 Å². The topological polar surface area (TPSA) is 88.8 Å². The lowest BCUT2D eigenvalue weighted by atomic mass is 10.1. The van der Waals surface area contributed by atoms with Gasteiger partial charge in [-0.05, 0) is 48.9 Å². The van der Waals surface area contributed by atoms with Gasteiger partial charge in [0, 0.05) is 17.5 Å². The Morgan fingerprint density at radius 1 is 1.14 bits per heavy atom. The number of H-pyrrole nitrogens is 1. The fraction of sp³-hybridized carbons (Fsp3) is 0.133. The highest BCUT2D eigenvalue weighted by atomic mass is 32.2. The first-order valence-corrected chi connectivity index (χ1v) is 8.30. The third kappa shape index (κ3) is 2.50. The van der Waals surface area contributed by atoms with E-state index >= 15 is 0 Å². The largest absolute Gasteiger partial charge is 0.399 e. The van der Waals surface area contributed by atoms with E-state index in [4.69, 9.17) is 5.73 Å². The van der Waals surface area contributed by atoms with Gasteiger partial charge in [0.15, 0.2) is 9.84 Å². The standard InChI is InChI=1S/C15H15N3O2S/c1-9-7-10(3-5-12(9)16)15-17-13-6-4-11(21(2,19)20)8-14(13)18-15/h3-8H,16H2,1-2H3,(H,17,18). The molecule has 0 aliphatic carbocycles. The predicted molar refractivity (Wildman–Crippen MR) is 83.8 cm³/mol. The maximum atomic E-state index is 11.6. The number of anilines is 1. The van der Waals surface area contributed by atoms with Crippen molar-refractivity contribution in [2.75, 3.05) is 12.0 Å². The highest BCUT2D eigenvalue weighted by molar-refractivity contribution is 7.90. The Kier molecular flexibility index (Phi) is 2.98. The van der Waals surface area contributed by atoms with Crippen LogP contribution in [0.2, 0.25) is 0 Å². The van der Waals surface area contributed by atoms with E-state index < -0.39 is 9.84 Å². The van der Waals surface area contributed by atoms with E-state index in [1.54, 1.807) is 18.2 Å². The molecular formula is C15H15N3O2S. The van der Waals surface area contributed by atoms with Crippen LogP contribution in [-0.4, -0.2) is 24.6 Å². The SMILES string of the molecule is Cc1cc(-c2nc3ccc(S(C)(=O)=O)cc3[nH]2)ccc1N. The predicted octanol–water partition coefficient (Wildman–Crippen LogP) is 2.52. The number of nitrogens with two attached hydrogens (primary N) is 1. The molecule has 6 heteroatoms. The van der Waals surface area contributed by atoms with E-state index in [0.717, 1.165) is 22.3 Å². The first-order chi connectivity index (χ1) is 9.84. The second-order valence-electron chi connectivity index (χ2n) is 5.11. The number of nitrogen functional groups attached to an aromatic ring is 1. The van der Waals surface area contributed by atoms with E-state index in [-0.39, 0.29) is 4.90 Å². The Morgan fingerprint density at radius 3 is 2.57 bits per heavy atom. The Hall–Kier alpha value is -2.34. The zero-order valence-corrected chi connectivity index (χ0v) is 12.5. The molecule has 0 spiro atoms. The monoisotopic (exact) mass is 301 g/mol. The van der Waals surface area contributed by atoms with Crippen LogP contribution in [-0.2, 0) is 9.84 Å². The van der Waals surface area contributed by atoms with Crippen LogP contribution in [0.25, 0.3) is 22.4 Å². The summed E-state index contributed by atoms with van der Waals surface area (Å²) in [6.07, 6.45) is 1.19. The highest BCUT2D eigenvalue weighted by Gasteiger charge is 2.11. The van der Waals surface area contributed by atoms with Gasteiger partial charge in [-0.25, -0.2) is 13.4 Å². The number of aromatic amines is 1. The molecule has 0 radical (unpaired) electrons. The van der Waals surface area contributed by atoms with Crippen molar-refractivity contribution in [1.29, 1.82) is 0 Å². The molecule has 0 aliphatic heterocycles. The molecule has 0 fully saturated rings. The third-order valence-corrected chi connectivity index (χ3v) is 4.53. The summed E-state index contributed by atoms with van der Waals surface area (Å²) < 4.78 is 23.2. The molecule has 1 heterocycles. The van der Waals surface area contributed by atoms with Crippen LogP contribution < -0.4 is 5.73 Å². The number of aromatic nitrogens is 2. The summed E-state index contributed by atoms with van der Waals surface area (Å²) in [5, 5.41) is 0. The van der Waals surface area contributed by atoms with Gasteiger partial charge < -0.3 is 10.7 Å². The van der Waals surface area contributed by atoms with Gasteiger partial charge in [0.1, 0.15) is 5.82 Å². The zero-order valence-electron chi connectivity index (χ0n) is 11.7. The molecule has 0 unspecified atom stereocenters. The number of nitrogens with zero attached hydrogens (tertiary/aromatic N) is 1. The van der Waals surface area contributed by atoms with Crippen LogP contribution in [0.5, 0.6) is 0 Å². The van der Waals surface area contributed by atoms with Crippen molar-refractivity contribution in [3.05, 3.63) is 42.0 Å². The van der Waals surface area contributed by atoms with Crippen LogP contribution >= 0.6 is 0 Å². The van der Waals surface area contributed by atoms with Crippen LogP contribution in [0.15, 0.2) is 41.3 Å². The molecule has 1 aromatic heterocycles. The summed E-state index contributed by atoms with van der Waals surface area (Å²) in [7, 11) is -3.23. The normalized spacial score (nSPS) is 11.9. The molecule has 0 amide bonds. The fourth-order valence-electron chi connectivity index (χ4n) is 2.18. The smallest absolute Gasteiger partial charge is 0.175 e. The lowest BCUT2D eigenvalue weighted by molar-refractivity contribution is 0.602. The Morgan fingerprint density at radius 2 is 1.90 bits per heavy atom. The van der Waals surface area contributed by atoms with Crippen LogP contribution in [0, 0.1) is 6.92 Å². The zero-order chi connectivity index (χ0) is 15.2. The van der Waals surface area contributed by atoms with Crippen LogP contribution in [0.3, 0.4) is 0 Å². The average molecular weight is 301 g/mol. The number of imidazole rings is 1. The molecule has 0 aliphatic rings. The number of hydrogen-bond acceptors (Lipinski definition) is 4. The van der Waals surface area contributed by atoms with Crippen molar-refractivity contribution < 1.29 is 8.42 Å². The summed E-state index contributed by atoms with van der Waals surface area (Å²) in [4.78, 5) is 7.92. The van der Waals surface area contributed by atoms with Crippen molar-refractivity contribution in [1.82, 2.24) is 9.97 Å². The minimum absolute atomic E-state index is 0.277. The number of benzene rings is 2. The molecular weight excluding hydrogens is 286 g/mol. The highest BCUT2D eigenvalue weighted by Crippen LogP contribution is 2.25. The second kappa shape index (κ2) is 4.60. The summed E-state index contributed by atoms with van der Waals surface area (Å²) in [6.45, 7) is 1.93. The molecule has 2 aromatic carbocycles. The minimum Gasteiger partial charge on any atom is -0.399 e. The molecule has 3 N–H and O–H groups in total.